The quantitative estimate of drug-likeness (QED) is 0.544. The molecule has 1 aromatic carbocycles. The molecule has 1 fully saturated rings. The van der Waals surface area contributed by atoms with Gasteiger partial charge in [-0.2, -0.15) is 0 Å². The highest BCUT2D eigenvalue weighted by Crippen LogP contribution is 2.40. The number of hydrogen-bond donors (Lipinski definition) is 1. The van der Waals surface area contributed by atoms with E-state index >= 15 is 0 Å². The van der Waals surface area contributed by atoms with E-state index in [1.54, 1.807) is 6.08 Å². The molecule has 0 spiro atoms. The predicted octanol–water partition coefficient (Wildman–Crippen LogP) is 5.64. The van der Waals surface area contributed by atoms with Crippen LogP contribution in [0.15, 0.2) is 29.8 Å². The molecule has 1 aliphatic heterocycles. The number of unbranched alkanes of at least 4 members (excludes halogenated alkanes) is 1. The smallest absolute Gasteiger partial charge is 0.253 e. The molecule has 2 amide bonds. The molecular weight excluding hydrogens is 398 g/mol. The Kier molecular flexibility index (Phi) is 7.91. The molecule has 1 heterocycles. The number of hydrogen-bond acceptors (Lipinski definition) is 3. The van der Waals surface area contributed by atoms with Crippen LogP contribution in [-0.4, -0.2) is 37.2 Å². The molecule has 1 saturated carbocycles. The van der Waals surface area contributed by atoms with Gasteiger partial charge in [0, 0.05) is 42.2 Å². The number of carbonyl (C=O) groups is 2. The lowest BCUT2D eigenvalue weighted by Crippen LogP contribution is -2.49. The highest BCUT2D eigenvalue weighted by atomic mass is 16.2. The van der Waals surface area contributed by atoms with Gasteiger partial charge in [-0.3, -0.25) is 9.59 Å². The summed E-state index contributed by atoms with van der Waals surface area (Å²) in [6.45, 7) is 10.5. The van der Waals surface area contributed by atoms with Gasteiger partial charge in [0.1, 0.15) is 0 Å². The van der Waals surface area contributed by atoms with E-state index in [4.69, 9.17) is 0 Å². The second kappa shape index (κ2) is 10.5. The minimum atomic E-state index is -0.627. The highest BCUT2D eigenvalue weighted by Gasteiger charge is 2.45. The average Bonchev–Trinajstić information content (AvgIpc) is 3.32. The first-order chi connectivity index (χ1) is 15.3. The lowest BCUT2D eigenvalue weighted by molar-refractivity contribution is -0.131. The van der Waals surface area contributed by atoms with Gasteiger partial charge in [-0.15, -0.1) is 0 Å². The fourth-order valence-corrected chi connectivity index (χ4v) is 5.46. The summed E-state index contributed by atoms with van der Waals surface area (Å²) in [5.41, 5.74) is 2.78. The van der Waals surface area contributed by atoms with Crippen LogP contribution in [0, 0.1) is 11.3 Å². The molecule has 1 aliphatic carbocycles. The maximum atomic E-state index is 13.3. The van der Waals surface area contributed by atoms with Crippen LogP contribution >= 0.6 is 0 Å². The monoisotopic (exact) mass is 437 g/mol. The van der Waals surface area contributed by atoms with Crippen LogP contribution in [0.4, 0.5) is 5.69 Å². The minimum absolute atomic E-state index is 0.0823. The van der Waals surface area contributed by atoms with Crippen molar-refractivity contribution in [2.45, 2.75) is 78.2 Å². The molecule has 5 heteroatoms. The Morgan fingerprint density at radius 2 is 2.06 bits per heavy atom. The van der Waals surface area contributed by atoms with Crippen molar-refractivity contribution in [1.29, 1.82) is 0 Å². The van der Waals surface area contributed by atoms with E-state index in [9.17, 15) is 9.59 Å². The van der Waals surface area contributed by atoms with Gasteiger partial charge >= 0.3 is 0 Å². The van der Waals surface area contributed by atoms with Gasteiger partial charge in [0.2, 0.25) is 0 Å². The first-order valence-electron chi connectivity index (χ1n) is 12.2. The Bertz CT molecular complexity index is 885. The molecule has 2 unspecified atom stereocenters. The van der Waals surface area contributed by atoms with Gasteiger partial charge in [-0.05, 0) is 50.7 Å². The topological polar surface area (TPSA) is 61.8 Å². The molecule has 2 aliphatic rings. The Morgan fingerprint density at radius 3 is 2.69 bits per heavy atom. The Balaban J connectivity index is 1.83. The van der Waals surface area contributed by atoms with Crippen LogP contribution in [0.2, 0.25) is 0 Å². The van der Waals surface area contributed by atoms with Gasteiger partial charge in [-0.1, -0.05) is 58.3 Å². The van der Waals surface area contributed by atoms with Gasteiger partial charge < -0.3 is 10.2 Å². The van der Waals surface area contributed by atoms with E-state index in [-0.39, 0.29) is 17.7 Å². The highest BCUT2D eigenvalue weighted by molar-refractivity contribution is 6.02. The van der Waals surface area contributed by atoms with Crippen molar-refractivity contribution in [3.05, 3.63) is 35.9 Å². The standard InChI is InChI=1S/C27H39N3O2/c1-6-8-16-27(19(3)17-20(4)29-26(27)32)18-28-25(31)23-14-11-15-24(22(23)7-2)30(5)21-12-9-10-13-21/h7,11,14-15,19,21H,2,6,8-10,12-13,16-18H2,1,3-5H3,(H,28,31). The number of rotatable bonds is 9. The van der Waals surface area contributed by atoms with E-state index in [1.165, 1.54) is 25.7 Å². The molecule has 0 aromatic heterocycles. The minimum Gasteiger partial charge on any atom is -0.371 e. The summed E-state index contributed by atoms with van der Waals surface area (Å²) >= 11 is 0. The molecule has 0 saturated heterocycles. The maximum absolute atomic E-state index is 13.3. The molecule has 32 heavy (non-hydrogen) atoms. The van der Waals surface area contributed by atoms with Crippen molar-refractivity contribution in [3.8, 4) is 0 Å². The summed E-state index contributed by atoms with van der Waals surface area (Å²) in [5.74, 6) is -0.0806. The van der Waals surface area contributed by atoms with Crippen LogP contribution < -0.4 is 10.2 Å². The summed E-state index contributed by atoms with van der Waals surface area (Å²) in [4.78, 5) is 33.0. The van der Waals surface area contributed by atoms with Crippen LogP contribution in [0.1, 0.15) is 88.1 Å². The summed E-state index contributed by atoms with van der Waals surface area (Å²) in [6, 6.07) is 6.37. The van der Waals surface area contributed by atoms with Crippen molar-refractivity contribution in [3.63, 3.8) is 0 Å². The Morgan fingerprint density at radius 1 is 1.34 bits per heavy atom. The Hall–Kier alpha value is -2.43. The lowest BCUT2D eigenvalue weighted by atomic mass is 9.68. The Labute approximate surface area is 193 Å². The maximum Gasteiger partial charge on any atom is 0.253 e. The van der Waals surface area contributed by atoms with E-state index in [0.717, 1.165) is 42.6 Å². The summed E-state index contributed by atoms with van der Waals surface area (Å²) < 4.78 is 0. The van der Waals surface area contributed by atoms with Crippen molar-refractivity contribution in [2.24, 2.45) is 16.3 Å². The third-order valence-corrected chi connectivity index (χ3v) is 7.59. The summed E-state index contributed by atoms with van der Waals surface area (Å²) in [6.07, 6.45) is 10.2. The molecule has 2 atom stereocenters. The van der Waals surface area contributed by atoms with Gasteiger partial charge in [0.15, 0.2) is 0 Å². The van der Waals surface area contributed by atoms with E-state index in [1.807, 2.05) is 19.1 Å². The first kappa shape index (κ1) is 24.2. The fraction of sp³-hybridized carbons (Fsp3) is 0.593. The molecule has 5 nitrogen and oxygen atoms in total. The number of anilines is 1. The molecule has 0 radical (unpaired) electrons. The number of nitrogens with zero attached hydrogens (tertiary/aromatic N) is 2. The molecule has 1 N–H and O–H groups in total. The molecule has 174 valence electrons. The van der Waals surface area contributed by atoms with Crippen molar-refractivity contribution >= 4 is 29.3 Å². The van der Waals surface area contributed by atoms with Gasteiger partial charge in [-0.25, -0.2) is 4.99 Å². The first-order valence-corrected chi connectivity index (χ1v) is 12.2. The van der Waals surface area contributed by atoms with Crippen LogP contribution in [-0.2, 0) is 4.79 Å². The van der Waals surface area contributed by atoms with Crippen LogP contribution in [0.25, 0.3) is 6.08 Å². The second-order valence-electron chi connectivity index (χ2n) is 9.69. The van der Waals surface area contributed by atoms with E-state index in [2.05, 4.69) is 48.7 Å². The van der Waals surface area contributed by atoms with Gasteiger partial charge in [0.25, 0.3) is 11.8 Å². The molecule has 3 rings (SSSR count). The lowest BCUT2D eigenvalue weighted by Gasteiger charge is -2.39. The van der Waals surface area contributed by atoms with Gasteiger partial charge in [0.05, 0.1) is 5.41 Å². The third kappa shape index (κ3) is 4.82. The number of amides is 2. The number of aliphatic imine (C=N–C) groups is 1. The molecular formula is C27H39N3O2. The zero-order valence-electron chi connectivity index (χ0n) is 20.2. The fourth-order valence-electron chi connectivity index (χ4n) is 5.46. The van der Waals surface area contributed by atoms with Crippen LogP contribution in [0.3, 0.4) is 0 Å². The summed E-state index contributed by atoms with van der Waals surface area (Å²) in [7, 11) is 2.11. The third-order valence-electron chi connectivity index (χ3n) is 7.59. The number of carbonyl (C=O) groups excluding carboxylic acids is 2. The number of benzene rings is 1. The van der Waals surface area contributed by atoms with Crippen molar-refractivity contribution in [2.75, 3.05) is 18.5 Å². The van der Waals surface area contributed by atoms with E-state index in [0.29, 0.717) is 18.2 Å². The number of nitrogens with one attached hydrogen (secondary N) is 1. The normalized spacial score (nSPS) is 23.7. The summed E-state index contributed by atoms with van der Waals surface area (Å²) in [5, 5.41) is 3.11. The van der Waals surface area contributed by atoms with Crippen molar-refractivity contribution < 1.29 is 9.59 Å². The van der Waals surface area contributed by atoms with Crippen molar-refractivity contribution in [1.82, 2.24) is 5.32 Å². The largest absolute Gasteiger partial charge is 0.371 e. The zero-order chi connectivity index (χ0) is 23.3. The molecule has 1 aromatic rings. The SMILES string of the molecule is C=Cc1c(C(=O)NCC2(CCCC)C(=O)N=C(C)CC2C)cccc1N(C)C1CCCC1. The van der Waals surface area contributed by atoms with Crippen LogP contribution in [0.5, 0.6) is 0 Å². The second-order valence-corrected chi connectivity index (χ2v) is 9.69. The molecule has 0 bridgehead atoms. The zero-order valence-corrected chi connectivity index (χ0v) is 20.2. The van der Waals surface area contributed by atoms with E-state index < -0.39 is 5.41 Å². The predicted molar refractivity (Wildman–Crippen MR) is 133 cm³/mol. The average molecular weight is 438 g/mol.